The molecule has 0 saturated heterocycles. The summed E-state index contributed by atoms with van der Waals surface area (Å²) in [6, 6.07) is 0. The van der Waals surface area contributed by atoms with Gasteiger partial charge in [-0.05, 0) is 25.7 Å². The van der Waals surface area contributed by atoms with Gasteiger partial charge >= 0.3 is 5.97 Å². The van der Waals surface area contributed by atoms with E-state index < -0.39 is 17.8 Å². The Morgan fingerprint density at radius 2 is 2.10 bits per heavy atom. The summed E-state index contributed by atoms with van der Waals surface area (Å²) in [5.41, 5.74) is 1.83. The molecule has 2 rings (SSSR count). The van der Waals surface area contributed by atoms with Crippen LogP contribution in [0, 0.1) is 24.7 Å². The number of rotatable bonds is 4. The van der Waals surface area contributed by atoms with Crippen LogP contribution in [0.2, 0.25) is 0 Å². The number of carbonyl (C=O) groups is 2. The largest absolute Gasteiger partial charge is 0.481 e. The minimum atomic E-state index is -0.868. The van der Waals surface area contributed by atoms with E-state index in [4.69, 9.17) is 0 Å². The van der Waals surface area contributed by atoms with E-state index in [1.807, 2.05) is 27.1 Å². The molecule has 1 amide bonds. The number of nitrogens with one attached hydrogen (secondary N) is 1. The number of nitrogens with zero attached hydrogens (tertiary/aromatic N) is 2. The number of hydrogen-bond acceptors (Lipinski definition) is 3. The first-order valence-electron chi connectivity index (χ1n) is 6.88. The molecular formula is C14H21N3O3. The SMILES string of the molecule is Cc1nn(C)cc1CNC(=O)[C@H]1CC(C)C[C@H]1C(=O)O. The molecule has 3 atom stereocenters. The molecule has 1 aliphatic carbocycles. The molecule has 1 heterocycles. The zero-order valence-corrected chi connectivity index (χ0v) is 12.1. The molecule has 0 bridgehead atoms. The number of aromatic nitrogens is 2. The van der Waals surface area contributed by atoms with Gasteiger partial charge in [-0.15, -0.1) is 0 Å². The molecule has 1 saturated carbocycles. The van der Waals surface area contributed by atoms with E-state index in [1.54, 1.807) is 4.68 Å². The Labute approximate surface area is 118 Å². The quantitative estimate of drug-likeness (QED) is 0.864. The van der Waals surface area contributed by atoms with E-state index in [9.17, 15) is 14.7 Å². The summed E-state index contributed by atoms with van der Waals surface area (Å²) in [6.45, 7) is 4.28. The van der Waals surface area contributed by atoms with Crippen LogP contribution in [-0.4, -0.2) is 26.8 Å². The third-order valence-corrected chi connectivity index (χ3v) is 4.02. The van der Waals surface area contributed by atoms with Crippen LogP contribution in [-0.2, 0) is 23.2 Å². The van der Waals surface area contributed by atoms with Gasteiger partial charge in [-0.2, -0.15) is 5.10 Å². The van der Waals surface area contributed by atoms with Crippen LogP contribution in [0.5, 0.6) is 0 Å². The Bertz CT molecular complexity index is 524. The molecule has 2 N–H and O–H groups in total. The second-order valence-corrected chi connectivity index (χ2v) is 5.76. The van der Waals surface area contributed by atoms with Crippen molar-refractivity contribution < 1.29 is 14.7 Å². The molecule has 110 valence electrons. The molecule has 1 unspecified atom stereocenters. The third kappa shape index (κ3) is 3.00. The van der Waals surface area contributed by atoms with E-state index in [-0.39, 0.29) is 11.8 Å². The fourth-order valence-electron chi connectivity index (χ4n) is 2.99. The zero-order valence-electron chi connectivity index (χ0n) is 12.1. The van der Waals surface area contributed by atoms with Crippen molar-refractivity contribution in [2.24, 2.45) is 24.8 Å². The maximum absolute atomic E-state index is 12.2. The van der Waals surface area contributed by atoms with Gasteiger partial charge in [0.1, 0.15) is 0 Å². The molecule has 1 aromatic rings. The normalized spacial score (nSPS) is 25.6. The molecule has 6 nitrogen and oxygen atoms in total. The molecule has 1 aliphatic rings. The topological polar surface area (TPSA) is 84.2 Å². The minimum Gasteiger partial charge on any atom is -0.481 e. The number of carboxylic acid groups (broad SMARTS) is 1. The summed E-state index contributed by atoms with van der Waals surface area (Å²) in [7, 11) is 1.83. The van der Waals surface area contributed by atoms with Crippen molar-refractivity contribution in [3.8, 4) is 0 Å². The van der Waals surface area contributed by atoms with Crippen molar-refractivity contribution in [2.75, 3.05) is 0 Å². The summed E-state index contributed by atoms with van der Waals surface area (Å²) in [5.74, 6) is -1.72. The van der Waals surface area contributed by atoms with Crippen molar-refractivity contribution >= 4 is 11.9 Å². The highest BCUT2D eigenvalue weighted by Crippen LogP contribution is 2.36. The van der Waals surface area contributed by atoms with Gasteiger partial charge in [-0.3, -0.25) is 14.3 Å². The number of aryl methyl sites for hydroxylation is 2. The van der Waals surface area contributed by atoms with E-state index in [0.717, 1.165) is 11.3 Å². The number of amides is 1. The summed E-state index contributed by atoms with van der Waals surface area (Å²) in [4.78, 5) is 23.4. The van der Waals surface area contributed by atoms with Gasteiger partial charge in [0.25, 0.3) is 0 Å². The van der Waals surface area contributed by atoms with Crippen LogP contribution in [0.15, 0.2) is 6.20 Å². The Hall–Kier alpha value is -1.85. The lowest BCUT2D eigenvalue weighted by atomic mass is 9.95. The fourth-order valence-corrected chi connectivity index (χ4v) is 2.99. The molecule has 0 aromatic carbocycles. The van der Waals surface area contributed by atoms with Gasteiger partial charge < -0.3 is 10.4 Å². The lowest BCUT2D eigenvalue weighted by Crippen LogP contribution is -2.35. The Kier molecular flexibility index (Phi) is 4.11. The Morgan fingerprint density at radius 3 is 2.65 bits per heavy atom. The predicted octanol–water partition coefficient (Wildman–Crippen LogP) is 1.09. The molecule has 0 aliphatic heterocycles. The maximum Gasteiger partial charge on any atom is 0.307 e. The van der Waals surface area contributed by atoms with Crippen LogP contribution in [0.1, 0.15) is 31.0 Å². The molecular weight excluding hydrogens is 258 g/mol. The number of aliphatic carboxylic acids is 1. The lowest BCUT2D eigenvalue weighted by Gasteiger charge is -2.15. The van der Waals surface area contributed by atoms with E-state index in [0.29, 0.717) is 19.4 Å². The van der Waals surface area contributed by atoms with Crippen molar-refractivity contribution in [3.63, 3.8) is 0 Å². The monoisotopic (exact) mass is 279 g/mol. The number of hydrogen-bond donors (Lipinski definition) is 2. The highest BCUT2D eigenvalue weighted by Gasteiger charge is 2.41. The second-order valence-electron chi connectivity index (χ2n) is 5.76. The van der Waals surface area contributed by atoms with Crippen LogP contribution in [0.25, 0.3) is 0 Å². The first-order chi connectivity index (χ1) is 9.38. The average Bonchev–Trinajstić information content (AvgIpc) is 2.89. The standard InChI is InChI=1S/C14H21N3O3/c1-8-4-11(12(5-8)14(19)20)13(18)15-6-10-7-17(3)16-9(10)2/h7-8,11-12H,4-6H2,1-3H3,(H,15,18)(H,19,20)/t8?,11-,12+/m0/s1. The molecule has 0 radical (unpaired) electrons. The van der Waals surface area contributed by atoms with Gasteiger partial charge in [-0.1, -0.05) is 6.92 Å². The fraction of sp³-hybridized carbons (Fsp3) is 0.643. The van der Waals surface area contributed by atoms with E-state index in [2.05, 4.69) is 10.4 Å². The van der Waals surface area contributed by atoms with Gasteiger partial charge in [-0.25, -0.2) is 0 Å². The number of carbonyl (C=O) groups excluding carboxylic acids is 1. The van der Waals surface area contributed by atoms with Crippen molar-refractivity contribution in [1.82, 2.24) is 15.1 Å². The van der Waals surface area contributed by atoms with E-state index in [1.165, 1.54) is 0 Å². The van der Waals surface area contributed by atoms with Gasteiger partial charge in [0.15, 0.2) is 0 Å². The Morgan fingerprint density at radius 1 is 1.45 bits per heavy atom. The lowest BCUT2D eigenvalue weighted by molar-refractivity contribution is -0.146. The Balaban J connectivity index is 1.97. The highest BCUT2D eigenvalue weighted by atomic mass is 16.4. The van der Waals surface area contributed by atoms with Gasteiger partial charge in [0.2, 0.25) is 5.91 Å². The third-order valence-electron chi connectivity index (χ3n) is 4.02. The van der Waals surface area contributed by atoms with E-state index >= 15 is 0 Å². The summed E-state index contributed by atoms with van der Waals surface area (Å²) in [5, 5.41) is 16.2. The van der Waals surface area contributed by atoms with Gasteiger partial charge in [0.05, 0.1) is 17.5 Å². The molecule has 20 heavy (non-hydrogen) atoms. The second kappa shape index (κ2) is 5.64. The van der Waals surface area contributed by atoms with Crippen molar-refractivity contribution in [3.05, 3.63) is 17.5 Å². The first kappa shape index (κ1) is 14.6. The maximum atomic E-state index is 12.2. The molecule has 1 fully saturated rings. The summed E-state index contributed by atoms with van der Waals surface area (Å²) in [6.07, 6.45) is 3.09. The highest BCUT2D eigenvalue weighted by molar-refractivity contribution is 5.85. The molecule has 1 aromatic heterocycles. The smallest absolute Gasteiger partial charge is 0.307 e. The molecule has 6 heteroatoms. The van der Waals surface area contributed by atoms with Crippen molar-refractivity contribution in [1.29, 1.82) is 0 Å². The average molecular weight is 279 g/mol. The summed E-state index contributed by atoms with van der Waals surface area (Å²) >= 11 is 0. The zero-order chi connectivity index (χ0) is 14.9. The van der Waals surface area contributed by atoms with Gasteiger partial charge in [0, 0.05) is 25.4 Å². The first-order valence-corrected chi connectivity index (χ1v) is 6.88. The van der Waals surface area contributed by atoms with Crippen LogP contribution >= 0.6 is 0 Å². The summed E-state index contributed by atoms with van der Waals surface area (Å²) < 4.78 is 1.70. The van der Waals surface area contributed by atoms with Crippen LogP contribution in [0.4, 0.5) is 0 Å². The minimum absolute atomic E-state index is 0.162. The van der Waals surface area contributed by atoms with Crippen LogP contribution < -0.4 is 5.32 Å². The predicted molar refractivity (Wildman–Crippen MR) is 72.8 cm³/mol. The van der Waals surface area contributed by atoms with Crippen molar-refractivity contribution in [2.45, 2.75) is 33.2 Å². The molecule has 0 spiro atoms. The van der Waals surface area contributed by atoms with Crippen LogP contribution in [0.3, 0.4) is 0 Å². The number of carboxylic acids is 1.